The fraction of sp³-hybridized carbons (Fsp3) is 0.462. The molecule has 0 saturated carbocycles. The van der Waals surface area contributed by atoms with E-state index in [1.54, 1.807) is 43.3 Å². The first-order valence-corrected chi connectivity index (χ1v) is 14.9. The van der Waals surface area contributed by atoms with Crippen LogP contribution >= 0.6 is 23.2 Å². The number of carbonyl (C=O) groups excluding carboxylic acids is 2. The van der Waals surface area contributed by atoms with Crippen molar-refractivity contribution in [1.29, 1.82) is 0 Å². The van der Waals surface area contributed by atoms with E-state index >= 15 is 0 Å². The molecule has 208 valence electrons. The van der Waals surface area contributed by atoms with E-state index in [4.69, 9.17) is 32.7 Å². The van der Waals surface area contributed by atoms with E-state index in [9.17, 15) is 18.0 Å². The quantitative estimate of drug-likeness (QED) is 0.394. The van der Waals surface area contributed by atoms with E-state index in [2.05, 4.69) is 5.32 Å². The van der Waals surface area contributed by atoms with Crippen LogP contribution in [0.25, 0.3) is 0 Å². The predicted octanol–water partition coefficient (Wildman–Crippen LogP) is 4.46. The molecule has 0 fully saturated rings. The minimum absolute atomic E-state index is 0.000441. The SMILES string of the molecule is CC(C)CNC(=O)C(C)N(Cc1c(Cl)cccc1Cl)C(=O)CCCN(c1ccc2c(c1)OCO2)S(C)(=O)=O. The van der Waals surface area contributed by atoms with E-state index in [0.29, 0.717) is 39.3 Å². The topological polar surface area (TPSA) is 105 Å². The monoisotopic (exact) mass is 585 g/mol. The lowest BCUT2D eigenvalue weighted by Gasteiger charge is -2.30. The molecule has 0 aromatic heterocycles. The number of hydrogen-bond donors (Lipinski definition) is 1. The van der Waals surface area contributed by atoms with Crippen molar-refractivity contribution in [1.82, 2.24) is 10.2 Å². The van der Waals surface area contributed by atoms with Gasteiger partial charge < -0.3 is 19.7 Å². The first-order chi connectivity index (χ1) is 17.9. The minimum Gasteiger partial charge on any atom is -0.454 e. The van der Waals surface area contributed by atoms with Gasteiger partial charge in [0.15, 0.2) is 11.5 Å². The summed E-state index contributed by atoms with van der Waals surface area (Å²) in [5, 5.41) is 3.63. The van der Waals surface area contributed by atoms with Gasteiger partial charge in [-0.25, -0.2) is 8.42 Å². The normalized spacial score (nSPS) is 13.3. The number of carbonyl (C=O) groups is 2. The van der Waals surface area contributed by atoms with Gasteiger partial charge in [0, 0.05) is 47.7 Å². The summed E-state index contributed by atoms with van der Waals surface area (Å²) in [5.74, 6) is 0.611. The average Bonchev–Trinajstić information content (AvgIpc) is 3.31. The Morgan fingerprint density at radius 2 is 1.71 bits per heavy atom. The van der Waals surface area contributed by atoms with Crippen molar-refractivity contribution in [3.05, 3.63) is 52.0 Å². The van der Waals surface area contributed by atoms with Crippen LogP contribution in [0.15, 0.2) is 36.4 Å². The largest absolute Gasteiger partial charge is 0.454 e. The fourth-order valence-corrected chi connectivity index (χ4v) is 5.41. The molecular weight excluding hydrogens is 553 g/mol. The summed E-state index contributed by atoms with van der Waals surface area (Å²) in [7, 11) is -3.65. The molecule has 0 radical (unpaired) electrons. The molecule has 3 rings (SSSR count). The lowest BCUT2D eigenvalue weighted by molar-refractivity contribution is -0.140. The molecular formula is C26H33Cl2N3O6S. The van der Waals surface area contributed by atoms with E-state index in [1.807, 2.05) is 13.8 Å². The Kier molecular flexibility index (Phi) is 10.1. The van der Waals surface area contributed by atoms with Crippen LogP contribution in [0.4, 0.5) is 5.69 Å². The zero-order valence-electron chi connectivity index (χ0n) is 21.9. The summed E-state index contributed by atoms with van der Waals surface area (Å²) in [6.07, 6.45) is 1.32. The molecule has 2 amide bonds. The average molecular weight is 587 g/mol. The van der Waals surface area contributed by atoms with E-state index < -0.39 is 16.1 Å². The third kappa shape index (κ3) is 7.68. The Morgan fingerprint density at radius 3 is 2.34 bits per heavy atom. The number of benzene rings is 2. The smallest absolute Gasteiger partial charge is 0.242 e. The fourth-order valence-electron chi connectivity index (χ4n) is 3.93. The van der Waals surface area contributed by atoms with Gasteiger partial charge in [0.2, 0.25) is 28.6 Å². The van der Waals surface area contributed by atoms with Crippen LogP contribution < -0.4 is 19.1 Å². The zero-order chi connectivity index (χ0) is 28.0. The van der Waals surface area contributed by atoms with Crippen LogP contribution in [0.1, 0.15) is 39.2 Å². The highest BCUT2D eigenvalue weighted by Crippen LogP contribution is 2.36. The maximum Gasteiger partial charge on any atom is 0.242 e. The standard InChI is InChI=1S/C26H33Cl2N3O6S/c1-17(2)14-29-26(33)18(3)30(15-20-21(27)7-5-8-22(20)28)25(32)9-6-12-31(38(4,34)35)19-10-11-23-24(13-19)37-16-36-23/h5,7-8,10-11,13,17-18H,6,9,12,14-16H2,1-4H3,(H,29,33). The number of hydrogen-bond acceptors (Lipinski definition) is 6. The molecule has 0 bridgehead atoms. The molecule has 0 spiro atoms. The number of fused-ring (bicyclic) bond motifs is 1. The number of nitrogens with zero attached hydrogens (tertiary/aromatic N) is 2. The Labute approximate surface area is 234 Å². The van der Waals surface area contributed by atoms with Gasteiger partial charge in [0.05, 0.1) is 11.9 Å². The highest BCUT2D eigenvalue weighted by Gasteiger charge is 2.28. The van der Waals surface area contributed by atoms with Gasteiger partial charge in [-0.05, 0) is 43.5 Å². The second kappa shape index (κ2) is 12.9. The highest BCUT2D eigenvalue weighted by atomic mass is 35.5. The lowest BCUT2D eigenvalue weighted by Crippen LogP contribution is -2.48. The van der Waals surface area contributed by atoms with Crippen LogP contribution in [0.3, 0.4) is 0 Å². The van der Waals surface area contributed by atoms with Crippen molar-refractivity contribution in [2.45, 2.75) is 46.2 Å². The Balaban J connectivity index is 1.76. The summed E-state index contributed by atoms with van der Waals surface area (Å²) >= 11 is 12.7. The van der Waals surface area contributed by atoms with Gasteiger partial charge in [0.1, 0.15) is 6.04 Å². The molecule has 1 N–H and O–H groups in total. The molecule has 38 heavy (non-hydrogen) atoms. The number of ether oxygens (including phenoxy) is 2. The van der Waals surface area contributed by atoms with Crippen LogP contribution in [-0.4, -0.2) is 57.3 Å². The lowest BCUT2D eigenvalue weighted by atomic mass is 10.1. The number of rotatable bonds is 12. The van der Waals surface area contributed by atoms with Gasteiger partial charge in [-0.1, -0.05) is 43.1 Å². The summed E-state index contributed by atoms with van der Waals surface area (Å²) in [4.78, 5) is 27.7. The van der Waals surface area contributed by atoms with Crippen molar-refractivity contribution >= 4 is 50.7 Å². The van der Waals surface area contributed by atoms with Gasteiger partial charge in [-0.15, -0.1) is 0 Å². The molecule has 9 nitrogen and oxygen atoms in total. The molecule has 0 saturated heterocycles. The molecule has 2 aromatic carbocycles. The summed E-state index contributed by atoms with van der Waals surface area (Å²) in [6, 6.07) is 9.12. The summed E-state index contributed by atoms with van der Waals surface area (Å²) in [6.45, 7) is 6.23. The predicted molar refractivity (Wildman–Crippen MR) is 148 cm³/mol. The molecule has 1 aliphatic heterocycles. The molecule has 1 atom stereocenters. The van der Waals surface area contributed by atoms with Gasteiger partial charge in [0.25, 0.3) is 0 Å². The molecule has 1 heterocycles. The molecule has 12 heteroatoms. The summed E-state index contributed by atoms with van der Waals surface area (Å²) < 4.78 is 37.0. The number of halogens is 2. The Morgan fingerprint density at radius 1 is 1.05 bits per heavy atom. The number of sulfonamides is 1. The number of nitrogens with one attached hydrogen (secondary N) is 1. The second-order valence-corrected chi connectivity index (χ2v) is 12.2. The van der Waals surface area contributed by atoms with Gasteiger partial charge >= 0.3 is 0 Å². The van der Waals surface area contributed by atoms with E-state index in [0.717, 1.165) is 6.26 Å². The molecule has 1 unspecified atom stereocenters. The maximum atomic E-state index is 13.4. The first kappa shape index (κ1) is 29.9. The van der Waals surface area contributed by atoms with Crippen molar-refractivity contribution in [3.8, 4) is 11.5 Å². The van der Waals surface area contributed by atoms with Crippen molar-refractivity contribution in [3.63, 3.8) is 0 Å². The van der Waals surface area contributed by atoms with Crippen LogP contribution in [0.5, 0.6) is 11.5 Å². The minimum atomic E-state index is -3.65. The molecule has 0 aliphatic carbocycles. The third-order valence-corrected chi connectivity index (χ3v) is 7.94. The number of amides is 2. The van der Waals surface area contributed by atoms with Crippen molar-refractivity contribution in [2.24, 2.45) is 5.92 Å². The Hall–Kier alpha value is -2.69. The van der Waals surface area contributed by atoms with Crippen molar-refractivity contribution in [2.75, 3.05) is 30.4 Å². The highest BCUT2D eigenvalue weighted by molar-refractivity contribution is 7.92. The van der Waals surface area contributed by atoms with E-state index in [1.165, 1.54) is 9.21 Å². The molecule has 2 aromatic rings. The van der Waals surface area contributed by atoms with Gasteiger partial charge in [-0.2, -0.15) is 0 Å². The van der Waals surface area contributed by atoms with Crippen LogP contribution in [0.2, 0.25) is 10.0 Å². The van der Waals surface area contributed by atoms with E-state index in [-0.39, 0.29) is 50.5 Å². The van der Waals surface area contributed by atoms with Gasteiger partial charge in [-0.3, -0.25) is 13.9 Å². The van der Waals surface area contributed by atoms with Crippen molar-refractivity contribution < 1.29 is 27.5 Å². The second-order valence-electron chi connectivity index (χ2n) is 9.51. The molecule has 1 aliphatic rings. The van der Waals surface area contributed by atoms with Crippen LogP contribution in [0, 0.1) is 5.92 Å². The Bertz CT molecular complexity index is 1250. The summed E-state index contributed by atoms with van der Waals surface area (Å²) in [5.41, 5.74) is 0.941. The van der Waals surface area contributed by atoms with Crippen LogP contribution in [-0.2, 0) is 26.2 Å². The zero-order valence-corrected chi connectivity index (χ0v) is 24.2. The number of anilines is 1. The maximum absolute atomic E-state index is 13.4. The first-order valence-electron chi connectivity index (χ1n) is 12.3. The third-order valence-electron chi connectivity index (χ3n) is 6.04.